The molecule has 0 fully saturated rings. The summed E-state index contributed by atoms with van der Waals surface area (Å²) in [5, 5.41) is 1.11. The number of hydrogen-bond acceptors (Lipinski definition) is 3. The molecule has 3 nitrogen and oxygen atoms in total. The Labute approximate surface area is 101 Å². The molecule has 2 rings (SSSR count). The third kappa shape index (κ3) is 2.68. The van der Waals surface area contributed by atoms with E-state index in [1.807, 2.05) is 36.4 Å². The highest BCUT2D eigenvalue weighted by Crippen LogP contribution is 2.14. The molecule has 2 aromatic rings. The van der Waals surface area contributed by atoms with Crippen molar-refractivity contribution in [1.29, 1.82) is 0 Å². The minimum Gasteiger partial charge on any atom is -0.330 e. The van der Waals surface area contributed by atoms with Gasteiger partial charge in [0.1, 0.15) is 5.78 Å². The van der Waals surface area contributed by atoms with Crippen molar-refractivity contribution in [2.24, 2.45) is 11.7 Å². The van der Waals surface area contributed by atoms with E-state index in [-0.39, 0.29) is 11.7 Å². The molecule has 1 aromatic carbocycles. The number of pyridine rings is 1. The summed E-state index contributed by atoms with van der Waals surface area (Å²) in [6, 6.07) is 12.0. The Hall–Kier alpha value is -1.74. The number of nitrogens with two attached hydrogens (primary N) is 1. The lowest BCUT2D eigenvalue weighted by Crippen LogP contribution is -2.24. The highest BCUT2D eigenvalue weighted by molar-refractivity contribution is 5.80. The number of hydrogen-bond donors (Lipinski definition) is 1. The fourth-order valence-electron chi connectivity index (χ4n) is 1.87. The van der Waals surface area contributed by atoms with Crippen LogP contribution in [0.5, 0.6) is 0 Å². The van der Waals surface area contributed by atoms with Gasteiger partial charge < -0.3 is 5.73 Å². The Bertz CT molecular complexity index is 536. The van der Waals surface area contributed by atoms with Crippen LogP contribution in [0.3, 0.4) is 0 Å². The average Bonchev–Trinajstić information content (AvgIpc) is 2.35. The molecule has 0 bridgehead atoms. The maximum absolute atomic E-state index is 11.3. The van der Waals surface area contributed by atoms with E-state index in [2.05, 4.69) is 4.98 Å². The van der Waals surface area contributed by atoms with Gasteiger partial charge in [-0.25, -0.2) is 0 Å². The lowest BCUT2D eigenvalue weighted by Gasteiger charge is -2.10. The van der Waals surface area contributed by atoms with Crippen LogP contribution in [-0.2, 0) is 11.2 Å². The van der Waals surface area contributed by atoms with Crippen LogP contribution >= 0.6 is 0 Å². The molecule has 0 radical (unpaired) electrons. The topological polar surface area (TPSA) is 56.0 Å². The molecular formula is C14H16N2O. The second-order valence-electron chi connectivity index (χ2n) is 4.24. The summed E-state index contributed by atoms with van der Waals surface area (Å²) in [6.45, 7) is 1.96. The zero-order valence-electron chi connectivity index (χ0n) is 9.89. The lowest BCUT2D eigenvalue weighted by molar-refractivity contribution is -0.120. The Morgan fingerprint density at radius 2 is 2.06 bits per heavy atom. The lowest BCUT2D eigenvalue weighted by atomic mass is 9.99. The summed E-state index contributed by atoms with van der Waals surface area (Å²) in [5.74, 6) is 0.00567. The molecule has 0 saturated carbocycles. The monoisotopic (exact) mass is 228 g/mol. The quantitative estimate of drug-likeness (QED) is 0.870. The molecule has 0 aliphatic heterocycles. The summed E-state index contributed by atoms with van der Waals surface area (Å²) in [7, 11) is 0. The van der Waals surface area contributed by atoms with E-state index >= 15 is 0 Å². The van der Waals surface area contributed by atoms with Gasteiger partial charge in [0, 0.05) is 30.0 Å². The Balaban J connectivity index is 2.27. The van der Waals surface area contributed by atoms with E-state index in [4.69, 9.17) is 5.73 Å². The van der Waals surface area contributed by atoms with Crippen LogP contribution < -0.4 is 5.73 Å². The molecule has 1 heterocycles. The fourth-order valence-corrected chi connectivity index (χ4v) is 1.87. The second-order valence-corrected chi connectivity index (χ2v) is 4.24. The third-order valence-electron chi connectivity index (χ3n) is 2.97. The molecular weight excluding hydrogens is 212 g/mol. The molecule has 0 aliphatic rings. The first-order valence-electron chi connectivity index (χ1n) is 5.76. The summed E-state index contributed by atoms with van der Waals surface area (Å²) in [4.78, 5) is 15.9. The highest BCUT2D eigenvalue weighted by Gasteiger charge is 2.13. The standard InChI is InChI=1S/C14H16N2O/c1-10(17)12(9-15)8-13-7-6-11-4-2-3-5-14(11)16-13/h2-7,12H,8-9,15H2,1H3/t12-/m1/s1. The van der Waals surface area contributed by atoms with Crippen molar-refractivity contribution in [3.8, 4) is 0 Å². The number of aromatic nitrogens is 1. The Morgan fingerprint density at radius 3 is 2.76 bits per heavy atom. The van der Waals surface area contributed by atoms with Gasteiger partial charge in [0.15, 0.2) is 0 Å². The number of benzene rings is 1. The van der Waals surface area contributed by atoms with Crippen molar-refractivity contribution in [3.05, 3.63) is 42.1 Å². The van der Waals surface area contributed by atoms with Crippen molar-refractivity contribution in [1.82, 2.24) is 4.98 Å². The van der Waals surface area contributed by atoms with Gasteiger partial charge in [-0.15, -0.1) is 0 Å². The summed E-state index contributed by atoms with van der Waals surface area (Å²) < 4.78 is 0. The van der Waals surface area contributed by atoms with Crippen LogP contribution in [0.4, 0.5) is 0 Å². The van der Waals surface area contributed by atoms with Gasteiger partial charge >= 0.3 is 0 Å². The van der Waals surface area contributed by atoms with E-state index < -0.39 is 0 Å². The van der Waals surface area contributed by atoms with Crippen molar-refractivity contribution >= 4 is 16.7 Å². The number of Topliss-reactive ketones (excluding diaryl/α,β-unsaturated/α-hetero) is 1. The number of ketones is 1. The van der Waals surface area contributed by atoms with E-state index in [0.717, 1.165) is 16.6 Å². The number of para-hydroxylation sites is 1. The molecule has 1 aromatic heterocycles. The first kappa shape index (κ1) is 11.7. The number of carbonyl (C=O) groups excluding carboxylic acids is 1. The smallest absolute Gasteiger partial charge is 0.134 e. The normalized spacial score (nSPS) is 12.6. The molecule has 88 valence electrons. The SMILES string of the molecule is CC(=O)[C@@H](CN)Cc1ccc2ccccc2n1. The molecule has 0 spiro atoms. The largest absolute Gasteiger partial charge is 0.330 e. The molecule has 17 heavy (non-hydrogen) atoms. The van der Waals surface area contributed by atoms with Crippen molar-refractivity contribution < 1.29 is 4.79 Å². The van der Waals surface area contributed by atoms with E-state index in [0.29, 0.717) is 13.0 Å². The van der Waals surface area contributed by atoms with Crippen molar-refractivity contribution in [2.75, 3.05) is 6.54 Å². The minimum atomic E-state index is -0.122. The van der Waals surface area contributed by atoms with Crippen LogP contribution in [0.1, 0.15) is 12.6 Å². The highest BCUT2D eigenvalue weighted by atomic mass is 16.1. The summed E-state index contributed by atoms with van der Waals surface area (Å²) in [5.41, 5.74) is 7.47. The van der Waals surface area contributed by atoms with Crippen LogP contribution in [-0.4, -0.2) is 17.3 Å². The van der Waals surface area contributed by atoms with E-state index in [1.165, 1.54) is 0 Å². The number of carbonyl (C=O) groups is 1. The van der Waals surface area contributed by atoms with Crippen LogP contribution in [0.25, 0.3) is 10.9 Å². The van der Waals surface area contributed by atoms with Gasteiger partial charge in [0.2, 0.25) is 0 Å². The molecule has 0 unspecified atom stereocenters. The molecule has 2 N–H and O–H groups in total. The molecule has 0 amide bonds. The molecule has 0 saturated heterocycles. The molecule has 3 heteroatoms. The number of fused-ring (bicyclic) bond motifs is 1. The zero-order valence-corrected chi connectivity index (χ0v) is 9.89. The molecule has 0 aliphatic carbocycles. The molecule has 1 atom stereocenters. The fraction of sp³-hybridized carbons (Fsp3) is 0.286. The van der Waals surface area contributed by atoms with Crippen LogP contribution in [0.15, 0.2) is 36.4 Å². The van der Waals surface area contributed by atoms with E-state index in [9.17, 15) is 4.79 Å². The van der Waals surface area contributed by atoms with Gasteiger partial charge in [-0.1, -0.05) is 24.3 Å². The maximum Gasteiger partial charge on any atom is 0.134 e. The Kier molecular flexibility index (Phi) is 3.49. The average molecular weight is 228 g/mol. The first-order chi connectivity index (χ1) is 8.20. The van der Waals surface area contributed by atoms with Crippen LogP contribution in [0, 0.1) is 5.92 Å². The predicted molar refractivity (Wildman–Crippen MR) is 68.7 cm³/mol. The summed E-state index contributed by atoms with van der Waals surface area (Å²) in [6.07, 6.45) is 0.622. The zero-order chi connectivity index (χ0) is 12.3. The summed E-state index contributed by atoms with van der Waals surface area (Å²) >= 11 is 0. The van der Waals surface area contributed by atoms with Crippen LogP contribution in [0.2, 0.25) is 0 Å². The number of nitrogens with zero attached hydrogens (tertiary/aromatic N) is 1. The third-order valence-corrected chi connectivity index (χ3v) is 2.97. The first-order valence-corrected chi connectivity index (χ1v) is 5.76. The second kappa shape index (κ2) is 5.06. The van der Waals surface area contributed by atoms with E-state index in [1.54, 1.807) is 6.92 Å². The number of rotatable bonds is 4. The van der Waals surface area contributed by atoms with Gasteiger partial charge in [0.05, 0.1) is 5.52 Å². The van der Waals surface area contributed by atoms with Gasteiger partial charge in [-0.3, -0.25) is 9.78 Å². The van der Waals surface area contributed by atoms with Crippen molar-refractivity contribution in [3.63, 3.8) is 0 Å². The predicted octanol–water partition coefficient (Wildman–Crippen LogP) is 1.94. The van der Waals surface area contributed by atoms with Gasteiger partial charge in [-0.05, 0) is 19.1 Å². The van der Waals surface area contributed by atoms with Crippen molar-refractivity contribution in [2.45, 2.75) is 13.3 Å². The maximum atomic E-state index is 11.3. The van der Waals surface area contributed by atoms with Gasteiger partial charge in [0.25, 0.3) is 0 Å². The van der Waals surface area contributed by atoms with Gasteiger partial charge in [-0.2, -0.15) is 0 Å². The Morgan fingerprint density at radius 1 is 1.29 bits per heavy atom. The minimum absolute atomic E-state index is 0.122.